The fourth-order valence-electron chi connectivity index (χ4n) is 1.27. The van der Waals surface area contributed by atoms with Gasteiger partial charge in [-0.2, -0.15) is 0 Å². The normalized spacial score (nSPS) is 12.6. The second-order valence-corrected chi connectivity index (χ2v) is 4.03. The Morgan fingerprint density at radius 2 is 2.06 bits per heavy atom. The van der Waals surface area contributed by atoms with Crippen LogP contribution in [0.15, 0.2) is 18.2 Å². The quantitative estimate of drug-likeness (QED) is 0.858. The lowest BCUT2D eigenvalue weighted by Crippen LogP contribution is -2.32. The number of hydrogen-bond donors (Lipinski definition) is 1. The highest BCUT2D eigenvalue weighted by Gasteiger charge is 2.23. The van der Waals surface area contributed by atoms with Crippen molar-refractivity contribution in [1.82, 2.24) is 0 Å². The minimum absolute atomic E-state index is 0.179. The Labute approximate surface area is 93.9 Å². The van der Waals surface area contributed by atoms with E-state index in [4.69, 9.17) is 9.84 Å². The van der Waals surface area contributed by atoms with Crippen LogP contribution in [-0.4, -0.2) is 17.2 Å². The molecule has 1 aromatic carbocycles. The molecule has 0 saturated carbocycles. The van der Waals surface area contributed by atoms with Gasteiger partial charge < -0.3 is 9.84 Å². The molecule has 0 fully saturated rings. The summed E-state index contributed by atoms with van der Waals surface area (Å²) in [6, 6.07) is 4.33. The number of carboxylic acids is 1. The molecule has 0 bridgehead atoms. The van der Waals surface area contributed by atoms with Gasteiger partial charge in [0.1, 0.15) is 11.6 Å². The van der Waals surface area contributed by atoms with Crippen molar-refractivity contribution in [2.45, 2.75) is 26.9 Å². The molecule has 0 spiro atoms. The maximum Gasteiger partial charge on any atom is 0.345 e. The minimum Gasteiger partial charge on any atom is -0.478 e. The van der Waals surface area contributed by atoms with Crippen LogP contribution < -0.4 is 4.74 Å². The number of carboxylic acid groups (broad SMARTS) is 1. The summed E-state index contributed by atoms with van der Waals surface area (Å²) >= 11 is 0. The average molecular weight is 226 g/mol. The fraction of sp³-hybridized carbons (Fsp3) is 0.417. The first-order valence-electron chi connectivity index (χ1n) is 5.07. The van der Waals surface area contributed by atoms with Gasteiger partial charge in [0.15, 0.2) is 6.10 Å². The third kappa shape index (κ3) is 2.95. The SMILES string of the molecule is Cc1ccc(OC(C(=O)O)C(C)C)cc1F. The minimum atomic E-state index is -1.05. The zero-order valence-corrected chi connectivity index (χ0v) is 9.53. The number of aryl methyl sites for hydroxylation is 1. The molecule has 0 aliphatic rings. The first-order valence-corrected chi connectivity index (χ1v) is 5.07. The predicted octanol–water partition coefficient (Wildman–Crippen LogP) is 2.62. The number of ether oxygens (including phenoxy) is 1. The summed E-state index contributed by atoms with van der Waals surface area (Å²) in [6.45, 7) is 5.11. The van der Waals surface area contributed by atoms with Gasteiger partial charge in [-0.15, -0.1) is 0 Å². The van der Waals surface area contributed by atoms with E-state index >= 15 is 0 Å². The van der Waals surface area contributed by atoms with E-state index in [1.165, 1.54) is 6.07 Å². The van der Waals surface area contributed by atoms with Crippen LogP contribution in [0.3, 0.4) is 0 Å². The number of aliphatic carboxylic acids is 1. The van der Waals surface area contributed by atoms with Gasteiger partial charge in [0.05, 0.1) is 0 Å². The van der Waals surface area contributed by atoms with Crippen molar-refractivity contribution in [2.24, 2.45) is 5.92 Å². The highest BCUT2D eigenvalue weighted by Crippen LogP contribution is 2.19. The highest BCUT2D eigenvalue weighted by molar-refractivity contribution is 5.73. The molecule has 0 radical (unpaired) electrons. The Balaban J connectivity index is 2.86. The molecule has 1 unspecified atom stereocenters. The van der Waals surface area contributed by atoms with E-state index < -0.39 is 17.9 Å². The van der Waals surface area contributed by atoms with Gasteiger partial charge in [0, 0.05) is 12.0 Å². The smallest absolute Gasteiger partial charge is 0.345 e. The topological polar surface area (TPSA) is 46.5 Å². The summed E-state index contributed by atoms with van der Waals surface area (Å²) in [7, 11) is 0. The third-order valence-corrected chi connectivity index (χ3v) is 2.26. The second kappa shape index (κ2) is 4.96. The van der Waals surface area contributed by atoms with E-state index in [1.807, 2.05) is 0 Å². The average Bonchev–Trinajstić information content (AvgIpc) is 2.18. The van der Waals surface area contributed by atoms with Gasteiger partial charge in [0.2, 0.25) is 0 Å². The summed E-state index contributed by atoms with van der Waals surface area (Å²) in [5.41, 5.74) is 0.503. The van der Waals surface area contributed by atoms with Crippen molar-refractivity contribution < 1.29 is 19.0 Å². The van der Waals surface area contributed by atoms with Crippen LogP contribution in [0.2, 0.25) is 0 Å². The molecule has 1 atom stereocenters. The number of hydrogen-bond acceptors (Lipinski definition) is 2. The molecular weight excluding hydrogens is 211 g/mol. The Morgan fingerprint density at radius 3 is 2.50 bits per heavy atom. The molecule has 0 heterocycles. The zero-order valence-electron chi connectivity index (χ0n) is 9.53. The number of benzene rings is 1. The van der Waals surface area contributed by atoms with E-state index in [-0.39, 0.29) is 11.7 Å². The lowest BCUT2D eigenvalue weighted by Gasteiger charge is -2.18. The Kier molecular flexibility index (Phi) is 3.88. The molecule has 1 rings (SSSR count). The predicted molar refractivity (Wildman–Crippen MR) is 58.0 cm³/mol. The van der Waals surface area contributed by atoms with Gasteiger partial charge in [-0.1, -0.05) is 19.9 Å². The van der Waals surface area contributed by atoms with E-state index in [2.05, 4.69) is 0 Å². The Morgan fingerprint density at radius 1 is 1.44 bits per heavy atom. The molecule has 3 nitrogen and oxygen atoms in total. The van der Waals surface area contributed by atoms with E-state index in [1.54, 1.807) is 32.9 Å². The lowest BCUT2D eigenvalue weighted by molar-refractivity contribution is -0.147. The van der Waals surface area contributed by atoms with Crippen molar-refractivity contribution in [3.05, 3.63) is 29.6 Å². The summed E-state index contributed by atoms with van der Waals surface area (Å²) in [5.74, 6) is -1.38. The van der Waals surface area contributed by atoms with Crippen molar-refractivity contribution in [2.75, 3.05) is 0 Å². The summed E-state index contributed by atoms with van der Waals surface area (Å²) in [5, 5.41) is 8.91. The van der Waals surface area contributed by atoms with E-state index in [9.17, 15) is 9.18 Å². The van der Waals surface area contributed by atoms with Crippen LogP contribution in [0.5, 0.6) is 5.75 Å². The summed E-state index contributed by atoms with van der Waals surface area (Å²) in [6.07, 6.45) is -0.956. The van der Waals surface area contributed by atoms with Gasteiger partial charge >= 0.3 is 5.97 Å². The molecule has 0 aliphatic heterocycles. The van der Waals surface area contributed by atoms with Gasteiger partial charge in [0.25, 0.3) is 0 Å². The molecule has 1 N–H and O–H groups in total. The standard InChI is InChI=1S/C12H15FO3/c1-7(2)11(12(14)15)16-9-5-4-8(3)10(13)6-9/h4-7,11H,1-3H3,(H,14,15). The van der Waals surface area contributed by atoms with Crippen LogP contribution in [-0.2, 0) is 4.79 Å². The summed E-state index contributed by atoms with van der Waals surface area (Å²) < 4.78 is 18.4. The van der Waals surface area contributed by atoms with Crippen molar-refractivity contribution in [3.63, 3.8) is 0 Å². The number of rotatable bonds is 4. The molecule has 88 valence electrons. The lowest BCUT2D eigenvalue weighted by atomic mass is 10.1. The van der Waals surface area contributed by atoms with Crippen molar-refractivity contribution in [3.8, 4) is 5.75 Å². The molecule has 0 aliphatic carbocycles. The van der Waals surface area contributed by atoms with Crippen molar-refractivity contribution in [1.29, 1.82) is 0 Å². The van der Waals surface area contributed by atoms with Crippen LogP contribution in [0.4, 0.5) is 4.39 Å². The first kappa shape index (κ1) is 12.5. The summed E-state index contributed by atoms with van der Waals surface area (Å²) in [4.78, 5) is 10.9. The molecule has 1 aromatic rings. The monoisotopic (exact) mass is 226 g/mol. The maximum atomic E-state index is 13.2. The highest BCUT2D eigenvalue weighted by atomic mass is 19.1. The largest absolute Gasteiger partial charge is 0.478 e. The first-order chi connectivity index (χ1) is 7.41. The fourth-order valence-corrected chi connectivity index (χ4v) is 1.27. The molecule has 0 amide bonds. The Bertz CT molecular complexity index is 388. The van der Waals surface area contributed by atoms with Crippen LogP contribution >= 0.6 is 0 Å². The zero-order chi connectivity index (χ0) is 12.3. The third-order valence-electron chi connectivity index (χ3n) is 2.26. The van der Waals surface area contributed by atoms with Crippen LogP contribution in [0, 0.1) is 18.7 Å². The molecule has 16 heavy (non-hydrogen) atoms. The Hall–Kier alpha value is -1.58. The molecule has 0 aromatic heterocycles. The number of halogens is 1. The molecule has 4 heteroatoms. The van der Waals surface area contributed by atoms with E-state index in [0.29, 0.717) is 5.56 Å². The van der Waals surface area contributed by atoms with Gasteiger partial charge in [-0.25, -0.2) is 9.18 Å². The van der Waals surface area contributed by atoms with Crippen molar-refractivity contribution >= 4 is 5.97 Å². The number of carbonyl (C=O) groups is 1. The second-order valence-electron chi connectivity index (χ2n) is 4.03. The van der Waals surface area contributed by atoms with Crippen LogP contribution in [0.1, 0.15) is 19.4 Å². The van der Waals surface area contributed by atoms with Gasteiger partial charge in [-0.3, -0.25) is 0 Å². The molecular formula is C12H15FO3. The maximum absolute atomic E-state index is 13.2. The van der Waals surface area contributed by atoms with E-state index in [0.717, 1.165) is 0 Å². The molecule has 0 saturated heterocycles. The van der Waals surface area contributed by atoms with Gasteiger partial charge in [-0.05, 0) is 18.6 Å². The van der Waals surface area contributed by atoms with Crippen LogP contribution in [0.25, 0.3) is 0 Å².